The van der Waals surface area contributed by atoms with Crippen LogP contribution in [0.1, 0.15) is 30.3 Å². The fourth-order valence-electron chi connectivity index (χ4n) is 3.12. The maximum atomic E-state index is 12.6. The lowest BCUT2D eigenvalue weighted by atomic mass is 10.2. The molecule has 0 aliphatic carbocycles. The first-order chi connectivity index (χ1) is 12.8. The number of nitrogens with one attached hydrogen (secondary N) is 2. The van der Waals surface area contributed by atoms with Crippen molar-refractivity contribution in [2.24, 2.45) is 0 Å². The number of hydrogen-bond acceptors (Lipinski definition) is 5. The largest absolute Gasteiger partial charge is 0.334 e. The van der Waals surface area contributed by atoms with Crippen LogP contribution in [-0.4, -0.2) is 42.6 Å². The van der Waals surface area contributed by atoms with Gasteiger partial charge in [0.15, 0.2) is 0 Å². The number of urea groups is 1. The van der Waals surface area contributed by atoms with Gasteiger partial charge in [-0.25, -0.2) is 14.8 Å². The predicted octanol–water partition coefficient (Wildman–Crippen LogP) is 2.31. The van der Waals surface area contributed by atoms with Gasteiger partial charge in [0.1, 0.15) is 11.5 Å². The Morgan fingerprint density at radius 2 is 2.15 bits per heavy atom. The fraction of sp³-hybridized carbons (Fsp3) is 0.278. The first-order valence-electron chi connectivity index (χ1n) is 8.58. The molecule has 1 unspecified atom stereocenters. The Labute approximate surface area is 150 Å². The molecule has 1 aromatic carbocycles. The molecule has 4 rings (SSSR count). The lowest BCUT2D eigenvalue weighted by Gasteiger charge is -2.23. The molecule has 8 heteroatoms. The lowest BCUT2D eigenvalue weighted by Crippen LogP contribution is -2.39. The Kier molecular flexibility index (Phi) is 4.55. The molecule has 0 spiro atoms. The SMILES string of the molecule is O=C(NCc1ccccc1)N1CCCC1c1nc(-c2cnccn2)n[nH]1. The maximum Gasteiger partial charge on any atom is 0.318 e. The van der Waals surface area contributed by atoms with E-state index in [2.05, 4.69) is 30.5 Å². The molecular weight excluding hydrogens is 330 g/mol. The van der Waals surface area contributed by atoms with Crippen molar-refractivity contribution in [1.82, 2.24) is 35.4 Å². The number of hydrogen-bond donors (Lipinski definition) is 2. The number of likely N-dealkylation sites (tertiary alicyclic amines) is 1. The van der Waals surface area contributed by atoms with Crippen molar-refractivity contribution in [3.8, 4) is 11.5 Å². The first kappa shape index (κ1) is 16.2. The monoisotopic (exact) mass is 349 g/mol. The van der Waals surface area contributed by atoms with Crippen molar-refractivity contribution in [3.05, 3.63) is 60.3 Å². The van der Waals surface area contributed by atoms with Crippen LogP contribution < -0.4 is 5.32 Å². The van der Waals surface area contributed by atoms with Crippen molar-refractivity contribution < 1.29 is 4.79 Å². The van der Waals surface area contributed by atoms with Crippen LogP contribution in [0.4, 0.5) is 4.79 Å². The second-order valence-electron chi connectivity index (χ2n) is 6.13. The van der Waals surface area contributed by atoms with Gasteiger partial charge >= 0.3 is 6.03 Å². The molecule has 26 heavy (non-hydrogen) atoms. The lowest BCUT2D eigenvalue weighted by molar-refractivity contribution is 0.190. The highest BCUT2D eigenvalue weighted by Crippen LogP contribution is 2.30. The minimum Gasteiger partial charge on any atom is -0.334 e. The van der Waals surface area contributed by atoms with Crippen LogP contribution in [0.3, 0.4) is 0 Å². The molecule has 0 bridgehead atoms. The molecule has 2 aromatic heterocycles. The number of carbonyl (C=O) groups excluding carboxylic acids is 1. The average Bonchev–Trinajstić information content (AvgIpc) is 3.37. The molecule has 1 atom stereocenters. The van der Waals surface area contributed by atoms with Crippen LogP contribution in [0.5, 0.6) is 0 Å². The van der Waals surface area contributed by atoms with Crippen molar-refractivity contribution in [2.45, 2.75) is 25.4 Å². The Hall–Kier alpha value is -3.29. The highest BCUT2D eigenvalue weighted by Gasteiger charge is 2.32. The molecule has 2 amide bonds. The van der Waals surface area contributed by atoms with Gasteiger partial charge in [0.2, 0.25) is 5.82 Å². The van der Waals surface area contributed by atoms with Crippen molar-refractivity contribution in [2.75, 3.05) is 6.54 Å². The fourth-order valence-corrected chi connectivity index (χ4v) is 3.12. The number of nitrogens with zero attached hydrogens (tertiary/aromatic N) is 5. The van der Waals surface area contributed by atoms with E-state index in [0.29, 0.717) is 30.4 Å². The van der Waals surface area contributed by atoms with Crippen LogP contribution in [-0.2, 0) is 6.54 Å². The third-order valence-electron chi connectivity index (χ3n) is 4.41. The van der Waals surface area contributed by atoms with E-state index < -0.39 is 0 Å². The second kappa shape index (κ2) is 7.30. The summed E-state index contributed by atoms with van der Waals surface area (Å²) in [5.41, 5.74) is 1.68. The van der Waals surface area contributed by atoms with E-state index in [9.17, 15) is 4.79 Å². The van der Waals surface area contributed by atoms with Crippen LogP contribution in [0, 0.1) is 0 Å². The van der Waals surface area contributed by atoms with Crippen LogP contribution >= 0.6 is 0 Å². The average molecular weight is 349 g/mol. The summed E-state index contributed by atoms with van der Waals surface area (Å²) in [6.07, 6.45) is 6.61. The van der Waals surface area contributed by atoms with E-state index in [0.717, 1.165) is 18.4 Å². The highest BCUT2D eigenvalue weighted by atomic mass is 16.2. The first-order valence-corrected chi connectivity index (χ1v) is 8.58. The normalized spacial score (nSPS) is 16.6. The quantitative estimate of drug-likeness (QED) is 0.753. The van der Waals surface area contributed by atoms with Gasteiger partial charge in [-0.15, -0.1) is 0 Å². The number of amides is 2. The van der Waals surface area contributed by atoms with Gasteiger partial charge in [0.25, 0.3) is 0 Å². The summed E-state index contributed by atoms with van der Waals surface area (Å²) in [5.74, 6) is 1.17. The summed E-state index contributed by atoms with van der Waals surface area (Å²) in [7, 11) is 0. The smallest absolute Gasteiger partial charge is 0.318 e. The second-order valence-corrected chi connectivity index (χ2v) is 6.13. The zero-order valence-electron chi connectivity index (χ0n) is 14.2. The minimum atomic E-state index is -0.108. The van der Waals surface area contributed by atoms with Gasteiger partial charge in [-0.2, -0.15) is 5.10 Å². The molecule has 8 nitrogen and oxygen atoms in total. The third-order valence-corrected chi connectivity index (χ3v) is 4.41. The number of aromatic nitrogens is 5. The number of H-pyrrole nitrogens is 1. The molecule has 1 saturated heterocycles. The van der Waals surface area contributed by atoms with E-state index in [4.69, 9.17) is 0 Å². The van der Waals surface area contributed by atoms with Gasteiger partial charge in [-0.3, -0.25) is 10.1 Å². The summed E-state index contributed by atoms with van der Waals surface area (Å²) in [4.78, 5) is 27.2. The topological polar surface area (TPSA) is 99.7 Å². The van der Waals surface area contributed by atoms with E-state index in [1.807, 2.05) is 35.2 Å². The van der Waals surface area contributed by atoms with Crippen molar-refractivity contribution in [3.63, 3.8) is 0 Å². The third kappa shape index (κ3) is 3.39. The Bertz CT molecular complexity index is 866. The van der Waals surface area contributed by atoms with Gasteiger partial charge in [-0.05, 0) is 18.4 Å². The number of aromatic amines is 1. The summed E-state index contributed by atoms with van der Waals surface area (Å²) >= 11 is 0. The molecule has 1 aliphatic heterocycles. The van der Waals surface area contributed by atoms with Gasteiger partial charge in [0, 0.05) is 25.5 Å². The Balaban J connectivity index is 1.45. The van der Waals surface area contributed by atoms with Gasteiger partial charge in [-0.1, -0.05) is 30.3 Å². The Morgan fingerprint density at radius 1 is 1.27 bits per heavy atom. The summed E-state index contributed by atoms with van der Waals surface area (Å²) in [6.45, 7) is 1.20. The number of carbonyl (C=O) groups is 1. The number of benzene rings is 1. The minimum absolute atomic E-state index is 0.0891. The van der Waals surface area contributed by atoms with Crippen molar-refractivity contribution >= 4 is 6.03 Å². The van der Waals surface area contributed by atoms with Gasteiger partial charge < -0.3 is 10.2 Å². The zero-order chi connectivity index (χ0) is 17.8. The summed E-state index contributed by atoms with van der Waals surface area (Å²) in [6, 6.07) is 9.67. The van der Waals surface area contributed by atoms with E-state index >= 15 is 0 Å². The highest BCUT2D eigenvalue weighted by molar-refractivity contribution is 5.75. The van der Waals surface area contributed by atoms with Gasteiger partial charge in [0.05, 0.1) is 12.2 Å². The molecule has 0 saturated carbocycles. The standard InChI is InChI=1S/C18H19N7O/c26-18(21-11-13-5-2-1-3-6-13)25-10-4-7-15(25)17-22-16(23-24-17)14-12-19-8-9-20-14/h1-3,5-6,8-9,12,15H,4,7,10-11H2,(H,21,26)(H,22,23,24). The van der Waals surface area contributed by atoms with E-state index in [-0.39, 0.29) is 12.1 Å². The molecule has 3 aromatic rings. The predicted molar refractivity (Wildman–Crippen MR) is 94.8 cm³/mol. The summed E-state index contributed by atoms with van der Waals surface area (Å²) in [5, 5.41) is 10.2. The van der Waals surface area contributed by atoms with Crippen LogP contribution in [0.25, 0.3) is 11.5 Å². The van der Waals surface area contributed by atoms with E-state index in [1.165, 1.54) is 0 Å². The molecule has 1 aliphatic rings. The molecular formula is C18H19N7O. The molecule has 2 N–H and O–H groups in total. The van der Waals surface area contributed by atoms with Crippen LogP contribution in [0.2, 0.25) is 0 Å². The summed E-state index contributed by atoms with van der Waals surface area (Å²) < 4.78 is 0. The molecule has 3 heterocycles. The van der Waals surface area contributed by atoms with Crippen molar-refractivity contribution in [1.29, 1.82) is 0 Å². The number of rotatable bonds is 4. The molecule has 0 radical (unpaired) electrons. The maximum absolute atomic E-state index is 12.6. The Morgan fingerprint density at radius 3 is 2.96 bits per heavy atom. The zero-order valence-corrected chi connectivity index (χ0v) is 14.2. The molecule has 1 fully saturated rings. The molecule has 132 valence electrons. The van der Waals surface area contributed by atoms with Crippen LogP contribution in [0.15, 0.2) is 48.9 Å². The van der Waals surface area contributed by atoms with E-state index in [1.54, 1.807) is 18.6 Å².